The van der Waals surface area contributed by atoms with Gasteiger partial charge < -0.3 is 14.4 Å². The van der Waals surface area contributed by atoms with Crippen LogP contribution in [-0.2, 0) is 22.6 Å². The number of carbonyl (C=O) groups excluding carboxylic acids is 1. The van der Waals surface area contributed by atoms with E-state index in [-0.39, 0.29) is 23.7 Å². The zero-order valence-corrected chi connectivity index (χ0v) is 22.3. The lowest BCUT2D eigenvalue weighted by atomic mass is 10.0. The number of hydrogen-bond acceptors (Lipinski definition) is 6. The molecule has 2 aliphatic heterocycles. The fraction of sp³-hybridized carbons (Fsp3) is 0.483. The maximum Gasteiger partial charge on any atom is 0.332 e. The molecule has 3 heterocycles. The predicted octanol–water partition coefficient (Wildman–Crippen LogP) is 2.52. The molecule has 11 heteroatoms. The number of carbonyl (C=O) groups is 1. The highest BCUT2D eigenvalue weighted by atomic mass is 19.1. The van der Waals surface area contributed by atoms with Crippen molar-refractivity contribution in [2.45, 2.75) is 38.1 Å². The van der Waals surface area contributed by atoms with Crippen LogP contribution in [0.1, 0.15) is 30.0 Å². The molecule has 0 unspecified atom stereocenters. The van der Waals surface area contributed by atoms with Gasteiger partial charge in [0.15, 0.2) is 6.10 Å². The number of alkyl halides is 2. The van der Waals surface area contributed by atoms with Gasteiger partial charge >= 0.3 is 5.69 Å². The third-order valence-electron chi connectivity index (χ3n) is 7.64. The topological polar surface area (TPSA) is 86.0 Å². The van der Waals surface area contributed by atoms with Crippen LogP contribution < -0.4 is 16.0 Å². The van der Waals surface area contributed by atoms with E-state index in [0.29, 0.717) is 44.7 Å². The quantitative estimate of drug-likeness (QED) is 0.357. The van der Waals surface area contributed by atoms with E-state index in [2.05, 4.69) is 4.90 Å². The molecule has 0 radical (unpaired) electrons. The summed E-state index contributed by atoms with van der Waals surface area (Å²) in [6, 6.07) is 12.2. The summed E-state index contributed by atoms with van der Waals surface area (Å²) in [5, 5.41) is 0.232. The summed E-state index contributed by atoms with van der Waals surface area (Å²) in [6.45, 7) is 2.89. The van der Waals surface area contributed by atoms with Gasteiger partial charge in [0.1, 0.15) is 19.1 Å². The molecule has 2 fully saturated rings. The first kappa shape index (κ1) is 28.0. The summed E-state index contributed by atoms with van der Waals surface area (Å²) in [6.07, 6.45) is 0.653. The van der Waals surface area contributed by atoms with Crippen LogP contribution in [0.15, 0.2) is 52.1 Å². The van der Waals surface area contributed by atoms with Crippen LogP contribution in [-0.4, -0.2) is 84.2 Å². The molecule has 2 aliphatic rings. The smallest absolute Gasteiger partial charge is 0.332 e. The second-order valence-corrected chi connectivity index (χ2v) is 10.4. The molecule has 9 nitrogen and oxygen atoms in total. The van der Waals surface area contributed by atoms with Gasteiger partial charge in [0.25, 0.3) is 5.56 Å². The number of nitrogens with zero attached hydrogens (tertiary/aromatic N) is 4. The number of morpholine rings is 1. The molecular formula is C29H34F2N4O5. The Balaban J connectivity index is 1.54. The second-order valence-electron chi connectivity index (χ2n) is 10.4. The van der Waals surface area contributed by atoms with E-state index >= 15 is 0 Å². The van der Waals surface area contributed by atoms with Gasteiger partial charge in [0.05, 0.1) is 30.7 Å². The molecule has 0 spiro atoms. The van der Waals surface area contributed by atoms with Crippen molar-refractivity contribution >= 4 is 17.3 Å². The number of benzene rings is 2. The molecule has 2 aromatic carbocycles. The predicted molar refractivity (Wildman–Crippen MR) is 146 cm³/mol. The van der Waals surface area contributed by atoms with Crippen LogP contribution in [0.4, 0.5) is 8.78 Å². The Morgan fingerprint density at radius 2 is 1.65 bits per heavy atom. The second kappa shape index (κ2) is 12.7. The van der Waals surface area contributed by atoms with Gasteiger partial charge in [-0.05, 0) is 42.2 Å². The minimum absolute atomic E-state index is 0.0699. The van der Waals surface area contributed by atoms with Crippen LogP contribution in [0.25, 0.3) is 10.9 Å². The van der Waals surface area contributed by atoms with E-state index in [1.165, 1.54) is 16.7 Å². The minimum atomic E-state index is -1.27. The molecule has 1 aromatic heterocycles. The summed E-state index contributed by atoms with van der Waals surface area (Å²) in [7, 11) is 0. The maximum atomic E-state index is 13.9. The maximum absolute atomic E-state index is 13.9. The molecule has 0 aliphatic carbocycles. The molecular weight excluding hydrogens is 522 g/mol. The zero-order chi connectivity index (χ0) is 28.1. The fourth-order valence-electron chi connectivity index (χ4n) is 5.50. The van der Waals surface area contributed by atoms with Gasteiger partial charge in [-0.15, -0.1) is 0 Å². The summed E-state index contributed by atoms with van der Waals surface area (Å²) in [5.74, 6) is 0.157. The highest BCUT2D eigenvalue weighted by Gasteiger charge is 2.25. The van der Waals surface area contributed by atoms with Crippen LogP contribution in [0, 0.1) is 0 Å². The molecule has 214 valence electrons. The summed E-state index contributed by atoms with van der Waals surface area (Å²) in [4.78, 5) is 42.9. The number of rotatable bonds is 10. The van der Waals surface area contributed by atoms with Crippen molar-refractivity contribution < 1.29 is 23.0 Å². The number of ether oxygens (including phenoxy) is 2. The molecule has 0 atom stereocenters. The van der Waals surface area contributed by atoms with E-state index in [4.69, 9.17) is 9.47 Å². The van der Waals surface area contributed by atoms with Crippen LogP contribution in [0.5, 0.6) is 5.75 Å². The number of likely N-dealkylation sites (tertiary alicyclic amines) is 1. The van der Waals surface area contributed by atoms with Gasteiger partial charge in [0.2, 0.25) is 6.41 Å². The molecule has 0 saturated carbocycles. The normalized spacial score (nSPS) is 17.0. The summed E-state index contributed by atoms with van der Waals surface area (Å²) < 4.78 is 40.0. The van der Waals surface area contributed by atoms with Gasteiger partial charge in [-0.1, -0.05) is 24.3 Å². The average molecular weight is 557 g/mol. The Morgan fingerprint density at radius 3 is 2.33 bits per heavy atom. The number of fused-ring (bicyclic) bond motifs is 1. The highest BCUT2D eigenvalue weighted by Crippen LogP contribution is 2.26. The standard InChI is InChI=1S/C29H34F2N4O5/c30-16-25(17-31)40-24-4-5-27-26(15-24)28(37)34(29(38)35(27)23-6-8-33(20-36)9-7-23)19-22-3-1-2-21(14-22)18-32-10-12-39-13-11-32/h1-5,14-15,20,23,25H,6-13,16-19H2. The molecule has 40 heavy (non-hydrogen) atoms. The molecule has 3 aromatic rings. The lowest BCUT2D eigenvalue weighted by molar-refractivity contribution is -0.119. The third kappa shape index (κ3) is 6.10. The lowest BCUT2D eigenvalue weighted by Gasteiger charge is -2.31. The molecule has 0 bridgehead atoms. The number of aromatic nitrogens is 2. The first-order valence-electron chi connectivity index (χ1n) is 13.7. The third-order valence-corrected chi connectivity index (χ3v) is 7.64. The SMILES string of the molecule is O=CN1CCC(n2c(=O)n(Cc3cccc(CN4CCOCC4)c3)c(=O)c3cc(OC(CF)CF)ccc32)CC1. The van der Waals surface area contributed by atoms with Crippen molar-refractivity contribution in [1.82, 2.24) is 18.9 Å². The largest absolute Gasteiger partial charge is 0.485 e. The molecule has 0 N–H and O–H groups in total. The summed E-state index contributed by atoms with van der Waals surface area (Å²) in [5.41, 5.74) is 1.39. The Morgan fingerprint density at radius 1 is 0.950 bits per heavy atom. The van der Waals surface area contributed by atoms with E-state index in [1.807, 2.05) is 24.3 Å². The zero-order valence-electron chi connectivity index (χ0n) is 22.3. The van der Waals surface area contributed by atoms with Gasteiger partial charge in [0, 0.05) is 38.8 Å². The monoisotopic (exact) mass is 556 g/mol. The van der Waals surface area contributed by atoms with E-state index in [1.54, 1.807) is 15.5 Å². The van der Waals surface area contributed by atoms with Crippen LogP contribution in [0.2, 0.25) is 0 Å². The molecule has 1 amide bonds. The van der Waals surface area contributed by atoms with Crippen molar-refractivity contribution in [3.63, 3.8) is 0 Å². The van der Waals surface area contributed by atoms with E-state index in [0.717, 1.165) is 37.2 Å². The molecule has 5 rings (SSSR count). The number of amides is 1. The Labute approximate surface area is 230 Å². The Hall–Kier alpha value is -3.57. The van der Waals surface area contributed by atoms with Crippen molar-refractivity contribution in [1.29, 1.82) is 0 Å². The van der Waals surface area contributed by atoms with Gasteiger partial charge in [-0.25, -0.2) is 13.6 Å². The van der Waals surface area contributed by atoms with Gasteiger partial charge in [-0.2, -0.15) is 0 Å². The highest BCUT2D eigenvalue weighted by molar-refractivity contribution is 5.80. The average Bonchev–Trinajstić information content (AvgIpc) is 2.99. The van der Waals surface area contributed by atoms with E-state index < -0.39 is 30.7 Å². The number of piperidine rings is 1. The van der Waals surface area contributed by atoms with Gasteiger partial charge in [-0.3, -0.25) is 23.6 Å². The number of hydrogen-bond donors (Lipinski definition) is 0. The van der Waals surface area contributed by atoms with Crippen LogP contribution >= 0.6 is 0 Å². The van der Waals surface area contributed by atoms with Crippen molar-refractivity contribution in [2.75, 3.05) is 52.7 Å². The molecule has 2 saturated heterocycles. The Kier molecular flexibility index (Phi) is 8.91. The lowest BCUT2D eigenvalue weighted by Crippen LogP contribution is -2.44. The Bertz CT molecular complexity index is 1440. The fourth-order valence-corrected chi connectivity index (χ4v) is 5.50. The summed E-state index contributed by atoms with van der Waals surface area (Å²) >= 11 is 0. The number of halogens is 2. The first-order valence-corrected chi connectivity index (χ1v) is 13.7. The van der Waals surface area contributed by atoms with E-state index in [9.17, 15) is 23.2 Å². The minimum Gasteiger partial charge on any atom is -0.485 e. The first-order chi connectivity index (χ1) is 19.5. The van der Waals surface area contributed by atoms with Crippen molar-refractivity contribution in [2.24, 2.45) is 0 Å². The van der Waals surface area contributed by atoms with Crippen molar-refractivity contribution in [3.8, 4) is 5.75 Å². The van der Waals surface area contributed by atoms with Crippen molar-refractivity contribution in [3.05, 3.63) is 74.4 Å². The van der Waals surface area contributed by atoms with Crippen LogP contribution in [0.3, 0.4) is 0 Å².